The van der Waals surface area contributed by atoms with Gasteiger partial charge < -0.3 is 15.7 Å². The van der Waals surface area contributed by atoms with Gasteiger partial charge in [0.25, 0.3) is 0 Å². The molecule has 6 nitrogen and oxygen atoms in total. The maximum absolute atomic E-state index is 12.3. The van der Waals surface area contributed by atoms with Crippen molar-refractivity contribution >= 4 is 39.8 Å². The maximum atomic E-state index is 12.3. The van der Waals surface area contributed by atoms with Crippen LogP contribution in [0.3, 0.4) is 0 Å². The summed E-state index contributed by atoms with van der Waals surface area (Å²) in [6, 6.07) is 8.47. The fraction of sp³-hybridized carbons (Fsp3) is 0.632. The summed E-state index contributed by atoms with van der Waals surface area (Å²) in [5.74, 6) is 0.616. The number of hydrogen-bond donors (Lipinski definition) is 3. The second kappa shape index (κ2) is 13.3. The number of guanidine groups is 1. The molecule has 0 aromatic heterocycles. The lowest BCUT2D eigenvalue weighted by atomic mass is 9.79. The van der Waals surface area contributed by atoms with Gasteiger partial charge in [0.15, 0.2) is 15.8 Å². The number of aliphatic imine (C=N–C) groups is 1. The molecule has 27 heavy (non-hydrogen) atoms. The van der Waals surface area contributed by atoms with Crippen LogP contribution < -0.4 is 10.6 Å². The van der Waals surface area contributed by atoms with E-state index < -0.39 is 9.84 Å². The third kappa shape index (κ3) is 8.78. The first-order valence-corrected chi connectivity index (χ1v) is 11.0. The summed E-state index contributed by atoms with van der Waals surface area (Å²) >= 11 is 0. The minimum atomic E-state index is -3.31. The van der Waals surface area contributed by atoms with E-state index >= 15 is 0 Å². The van der Waals surface area contributed by atoms with Crippen LogP contribution in [-0.4, -0.2) is 51.5 Å². The Labute approximate surface area is 181 Å². The molecule has 0 aliphatic rings. The lowest BCUT2D eigenvalue weighted by Gasteiger charge is -2.29. The lowest BCUT2D eigenvalue weighted by Crippen LogP contribution is -2.40. The summed E-state index contributed by atoms with van der Waals surface area (Å²) < 4.78 is 24.7. The van der Waals surface area contributed by atoms with Crippen molar-refractivity contribution in [2.75, 3.05) is 32.0 Å². The molecule has 0 fully saturated rings. The van der Waals surface area contributed by atoms with Crippen molar-refractivity contribution < 1.29 is 13.5 Å². The van der Waals surface area contributed by atoms with Crippen LogP contribution >= 0.6 is 24.0 Å². The van der Waals surface area contributed by atoms with Crippen LogP contribution in [0.2, 0.25) is 0 Å². The Balaban J connectivity index is 0.00000676. The van der Waals surface area contributed by atoms with Gasteiger partial charge in [-0.3, -0.25) is 4.99 Å². The molecule has 1 aromatic rings. The van der Waals surface area contributed by atoms with E-state index in [1.165, 1.54) is 0 Å². The van der Waals surface area contributed by atoms with Gasteiger partial charge in [-0.1, -0.05) is 32.0 Å². The Bertz CT molecular complexity index is 647. The molecule has 0 atom stereocenters. The van der Waals surface area contributed by atoms with Crippen LogP contribution in [0.5, 0.6) is 0 Å². The molecule has 1 rings (SSSR count). The molecule has 0 heterocycles. The minimum absolute atomic E-state index is 0. The Hall–Kier alpha value is -0.870. The molecular weight excluding hydrogens is 477 g/mol. The van der Waals surface area contributed by atoms with Gasteiger partial charge in [0, 0.05) is 26.2 Å². The smallest absolute Gasteiger partial charge is 0.191 e. The van der Waals surface area contributed by atoms with E-state index in [2.05, 4.69) is 29.5 Å². The van der Waals surface area contributed by atoms with Gasteiger partial charge in [-0.15, -0.1) is 24.0 Å². The quantitative estimate of drug-likeness (QED) is 0.242. The highest BCUT2D eigenvalue weighted by atomic mass is 127. The van der Waals surface area contributed by atoms with Crippen molar-refractivity contribution in [3.8, 4) is 0 Å². The number of benzene rings is 1. The highest BCUT2D eigenvalue weighted by Crippen LogP contribution is 2.30. The van der Waals surface area contributed by atoms with E-state index in [1.807, 2.05) is 6.92 Å². The summed E-state index contributed by atoms with van der Waals surface area (Å²) in [5, 5.41) is 15.6. The predicted octanol–water partition coefficient (Wildman–Crippen LogP) is 2.82. The van der Waals surface area contributed by atoms with Crippen molar-refractivity contribution in [1.29, 1.82) is 0 Å². The molecule has 0 bridgehead atoms. The van der Waals surface area contributed by atoms with Crippen LogP contribution in [0.15, 0.2) is 40.2 Å². The second-order valence-corrected chi connectivity index (χ2v) is 8.54. The van der Waals surface area contributed by atoms with Gasteiger partial charge in [-0.05, 0) is 43.7 Å². The molecule has 1 aromatic carbocycles. The third-order valence-corrected chi connectivity index (χ3v) is 6.56. The van der Waals surface area contributed by atoms with E-state index in [0.29, 0.717) is 30.4 Å². The molecule has 0 aliphatic heterocycles. The molecule has 0 saturated heterocycles. The SMILES string of the molecule is CCNC(=NCC(CC)(CC)CCO)NCCS(=O)(=O)c1ccccc1.I. The zero-order valence-corrected chi connectivity index (χ0v) is 19.7. The first-order chi connectivity index (χ1) is 12.4. The zero-order valence-electron chi connectivity index (χ0n) is 16.6. The second-order valence-electron chi connectivity index (χ2n) is 6.43. The van der Waals surface area contributed by atoms with Crippen LogP contribution in [0.4, 0.5) is 0 Å². The van der Waals surface area contributed by atoms with E-state index in [1.54, 1.807) is 30.3 Å². The van der Waals surface area contributed by atoms with Gasteiger partial charge >= 0.3 is 0 Å². The first-order valence-electron chi connectivity index (χ1n) is 9.34. The highest BCUT2D eigenvalue weighted by Gasteiger charge is 2.25. The van der Waals surface area contributed by atoms with E-state index in [9.17, 15) is 13.5 Å². The molecule has 0 radical (unpaired) electrons. The molecule has 0 aliphatic carbocycles. The van der Waals surface area contributed by atoms with E-state index in [4.69, 9.17) is 0 Å². The lowest BCUT2D eigenvalue weighted by molar-refractivity contribution is 0.175. The molecule has 3 N–H and O–H groups in total. The van der Waals surface area contributed by atoms with Crippen molar-refractivity contribution in [2.24, 2.45) is 10.4 Å². The predicted molar refractivity (Wildman–Crippen MR) is 123 cm³/mol. The molecule has 0 amide bonds. The third-order valence-electron chi connectivity index (χ3n) is 4.82. The van der Waals surface area contributed by atoms with E-state index in [0.717, 1.165) is 12.8 Å². The molecule has 0 spiro atoms. The zero-order chi connectivity index (χ0) is 19.5. The van der Waals surface area contributed by atoms with Gasteiger partial charge in [0.05, 0.1) is 10.6 Å². The van der Waals surface area contributed by atoms with E-state index in [-0.39, 0.29) is 48.3 Å². The summed E-state index contributed by atoms with van der Waals surface area (Å²) in [5.41, 5.74) is -0.0206. The van der Waals surface area contributed by atoms with Crippen molar-refractivity contribution in [3.63, 3.8) is 0 Å². The molecule has 0 saturated carbocycles. The monoisotopic (exact) mass is 511 g/mol. The number of halogens is 1. The average molecular weight is 511 g/mol. The molecular formula is C19H34IN3O3S. The number of hydrogen-bond acceptors (Lipinski definition) is 4. The largest absolute Gasteiger partial charge is 0.396 e. The standard InChI is InChI=1S/C19H33N3O3S.HI/c1-4-19(5-2,12-14-23)16-22-18(20-6-3)21-13-15-26(24,25)17-10-8-7-9-11-17;/h7-11,23H,4-6,12-16H2,1-3H3,(H2,20,21,22);1H. The summed E-state index contributed by atoms with van der Waals surface area (Å²) in [7, 11) is -3.31. The number of rotatable bonds is 11. The fourth-order valence-electron chi connectivity index (χ4n) is 2.78. The number of sulfone groups is 1. The first kappa shape index (κ1) is 26.1. The van der Waals surface area contributed by atoms with Gasteiger partial charge in [-0.25, -0.2) is 8.42 Å². The van der Waals surface area contributed by atoms with Crippen LogP contribution in [-0.2, 0) is 9.84 Å². The number of nitrogens with one attached hydrogen (secondary N) is 2. The van der Waals surface area contributed by atoms with Crippen molar-refractivity contribution in [1.82, 2.24) is 10.6 Å². The molecule has 0 unspecified atom stereocenters. The molecule has 156 valence electrons. The average Bonchev–Trinajstić information content (AvgIpc) is 2.65. The van der Waals surface area contributed by atoms with Gasteiger partial charge in [-0.2, -0.15) is 0 Å². The number of nitrogens with zero attached hydrogens (tertiary/aromatic N) is 1. The summed E-state index contributed by atoms with van der Waals surface area (Å²) in [6.07, 6.45) is 2.59. The van der Waals surface area contributed by atoms with Gasteiger partial charge in [0.2, 0.25) is 0 Å². The number of aliphatic hydroxyl groups excluding tert-OH is 1. The van der Waals surface area contributed by atoms with Crippen molar-refractivity contribution in [2.45, 2.75) is 44.9 Å². The highest BCUT2D eigenvalue weighted by molar-refractivity contribution is 14.0. The Morgan fingerprint density at radius 2 is 1.74 bits per heavy atom. The minimum Gasteiger partial charge on any atom is -0.396 e. The Morgan fingerprint density at radius 1 is 1.11 bits per heavy atom. The Morgan fingerprint density at radius 3 is 2.26 bits per heavy atom. The van der Waals surface area contributed by atoms with Crippen LogP contribution in [0.1, 0.15) is 40.0 Å². The summed E-state index contributed by atoms with van der Waals surface area (Å²) in [4.78, 5) is 4.96. The Kier molecular flexibility index (Phi) is 12.9. The normalized spacial score (nSPS) is 12.4. The molecule has 8 heteroatoms. The summed E-state index contributed by atoms with van der Waals surface area (Å²) in [6.45, 7) is 7.93. The fourth-order valence-corrected chi connectivity index (χ4v) is 3.96. The van der Waals surface area contributed by atoms with Gasteiger partial charge in [0.1, 0.15) is 0 Å². The van der Waals surface area contributed by atoms with Crippen molar-refractivity contribution in [3.05, 3.63) is 30.3 Å². The number of aliphatic hydroxyl groups is 1. The van der Waals surface area contributed by atoms with Crippen LogP contribution in [0.25, 0.3) is 0 Å². The topological polar surface area (TPSA) is 90.8 Å². The maximum Gasteiger partial charge on any atom is 0.191 e. The van der Waals surface area contributed by atoms with Crippen LogP contribution in [0, 0.1) is 5.41 Å².